The average molecular weight is 262 g/mol. The topological polar surface area (TPSA) is 55.1 Å². The molecule has 0 unspecified atom stereocenters. The van der Waals surface area contributed by atoms with Gasteiger partial charge in [-0.3, -0.25) is 4.79 Å². The van der Waals surface area contributed by atoms with E-state index in [0.29, 0.717) is 16.9 Å². The van der Waals surface area contributed by atoms with Crippen molar-refractivity contribution in [3.05, 3.63) is 59.2 Å². The van der Waals surface area contributed by atoms with Gasteiger partial charge in [-0.2, -0.15) is 0 Å². The highest BCUT2D eigenvalue weighted by Crippen LogP contribution is 2.17. The lowest BCUT2D eigenvalue weighted by Crippen LogP contribution is -2.14. The fourth-order valence-electron chi connectivity index (χ4n) is 1.64. The minimum Gasteiger partial charge on any atom is -0.399 e. The molecule has 0 bridgehead atoms. The van der Waals surface area contributed by atoms with E-state index in [1.54, 1.807) is 6.92 Å². The van der Waals surface area contributed by atoms with Crippen molar-refractivity contribution in [3.63, 3.8) is 0 Å². The maximum Gasteiger partial charge on any atom is 0.258 e. The molecule has 3 nitrogen and oxygen atoms in total. The standard InChI is InChI=1S/C14H12F2N2O/c1-8-6-10(3-5-12(8)15)18-14(19)11-7-9(17)2-4-13(11)16/h2-7H,17H2,1H3,(H,18,19). The molecule has 98 valence electrons. The number of aryl methyl sites for hydroxylation is 1. The normalized spacial score (nSPS) is 10.3. The molecule has 5 heteroatoms. The van der Waals surface area contributed by atoms with Crippen LogP contribution in [0.15, 0.2) is 36.4 Å². The zero-order valence-electron chi connectivity index (χ0n) is 10.2. The molecule has 0 aliphatic carbocycles. The third kappa shape index (κ3) is 2.88. The number of halogens is 2. The van der Waals surface area contributed by atoms with Crippen LogP contribution in [0.1, 0.15) is 15.9 Å². The Kier molecular flexibility index (Phi) is 3.46. The molecule has 19 heavy (non-hydrogen) atoms. The van der Waals surface area contributed by atoms with E-state index in [2.05, 4.69) is 5.32 Å². The Balaban J connectivity index is 2.25. The molecule has 2 rings (SSSR count). The number of hydrogen-bond acceptors (Lipinski definition) is 2. The van der Waals surface area contributed by atoms with E-state index < -0.39 is 11.7 Å². The number of nitrogens with two attached hydrogens (primary N) is 1. The van der Waals surface area contributed by atoms with Gasteiger partial charge in [0, 0.05) is 11.4 Å². The summed E-state index contributed by atoms with van der Waals surface area (Å²) in [4.78, 5) is 11.9. The van der Waals surface area contributed by atoms with E-state index in [4.69, 9.17) is 5.73 Å². The first-order chi connectivity index (χ1) is 8.97. The SMILES string of the molecule is Cc1cc(NC(=O)c2cc(N)ccc2F)ccc1F. The van der Waals surface area contributed by atoms with Gasteiger partial charge in [0.15, 0.2) is 0 Å². The van der Waals surface area contributed by atoms with Crippen LogP contribution >= 0.6 is 0 Å². The second kappa shape index (κ2) is 5.06. The van der Waals surface area contributed by atoms with Crippen molar-refractivity contribution in [1.29, 1.82) is 0 Å². The third-order valence-corrected chi connectivity index (χ3v) is 2.65. The Labute approximate surface area is 109 Å². The molecule has 0 fully saturated rings. The highest BCUT2D eigenvalue weighted by atomic mass is 19.1. The summed E-state index contributed by atoms with van der Waals surface area (Å²) in [6.45, 7) is 1.58. The number of rotatable bonds is 2. The summed E-state index contributed by atoms with van der Waals surface area (Å²) < 4.78 is 26.6. The highest BCUT2D eigenvalue weighted by Gasteiger charge is 2.12. The van der Waals surface area contributed by atoms with E-state index in [1.807, 2.05) is 0 Å². The van der Waals surface area contributed by atoms with Gasteiger partial charge in [0.1, 0.15) is 11.6 Å². The van der Waals surface area contributed by atoms with Crippen LogP contribution in [0.5, 0.6) is 0 Å². The summed E-state index contributed by atoms with van der Waals surface area (Å²) in [5.41, 5.74) is 6.44. The molecule has 0 saturated carbocycles. The van der Waals surface area contributed by atoms with Crippen LogP contribution in [0.2, 0.25) is 0 Å². The Bertz CT molecular complexity index is 641. The second-order valence-corrected chi connectivity index (χ2v) is 4.16. The Morgan fingerprint density at radius 1 is 1.11 bits per heavy atom. The quantitative estimate of drug-likeness (QED) is 0.817. The zero-order valence-corrected chi connectivity index (χ0v) is 10.2. The van der Waals surface area contributed by atoms with Gasteiger partial charge in [-0.05, 0) is 48.9 Å². The van der Waals surface area contributed by atoms with E-state index >= 15 is 0 Å². The lowest BCUT2D eigenvalue weighted by atomic mass is 10.1. The summed E-state index contributed by atoms with van der Waals surface area (Å²) >= 11 is 0. The molecule has 0 heterocycles. The van der Waals surface area contributed by atoms with Crippen molar-refractivity contribution >= 4 is 17.3 Å². The van der Waals surface area contributed by atoms with Gasteiger partial charge in [0.05, 0.1) is 5.56 Å². The first-order valence-electron chi connectivity index (χ1n) is 5.60. The first kappa shape index (κ1) is 13.0. The average Bonchev–Trinajstić information content (AvgIpc) is 2.36. The number of nitrogen functional groups attached to an aromatic ring is 1. The Morgan fingerprint density at radius 2 is 1.79 bits per heavy atom. The maximum atomic E-state index is 13.5. The third-order valence-electron chi connectivity index (χ3n) is 2.65. The molecular weight excluding hydrogens is 250 g/mol. The fraction of sp³-hybridized carbons (Fsp3) is 0.0714. The number of carbonyl (C=O) groups excluding carboxylic acids is 1. The van der Waals surface area contributed by atoms with Crippen LogP contribution in [0.25, 0.3) is 0 Å². The van der Waals surface area contributed by atoms with Crippen molar-refractivity contribution in [1.82, 2.24) is 0 Å². The summed E-state index contributed by atoms with van der Waals surface area (Å²) in [6.07, 6.45) is 0. The largest absolute Gasteiger partial charge is 0.399 e. The number of hydrogen-bond donors (Lipinski definition) is 2. The van der Waals surface area contributed by atoms with Crippen molar-refractivity contribution < 1.29 is 13.6 Å². The minimum atomic E-state index is -0.662. The van der Waals surface area contributed by atoms with Crippen LogP contribution in [0, 0.1) is 18.6 Å². The minimum absolute atomic E-state index is 0.151. The first-order valence-corrected chi connectivity index (χ1v) is 5.60. The molecule has 1 amide bonds. The molecule has 2 aromatic rings. The van der Waals surface area contributed by atoms with E-state index in [9.17, 15) is 13.6 Å². The number of anilines is 2. The molecular formula is C14H12F2N2O. The van der Waals surface area contributed by atoms with Crippen LogP contribution in [-0.4, -0.2) is 5.91 Å². The van der Waals surface area contributed by atoms with Gasteiger partial charge >= 0.3 is 0 Å². The molecule has 0 atom stereocenters. The van der Waals surface area contributed by atoms with E-state index in [1.165, 1.54) is 30.3 Å². The van der Waals surface area contributed by atoms with Crippen LogP contribution in [-0.2, 0) is 0 Å². The number of carbonyl (C=O) groups is 1. The monoisotopic (exact) mass is 262 g/mol. The van der Waals surface area contributed by atoms with Crippen LogP contribution in [0.4, 0.5) is 20.2 Å². The van der Waals surface area contributed by atoms with Crippen molar-refractivity contribution in [2.24, 2.45) is 0 Å². The lowest BCUT2D eigenvalue weighted by Gasteiger charge is -2.08. The smallest absolute Gasteiger partial charge is 0.258 e. The van der Waals surface area contributed by atoms with Gasteiger partial charge in [-0.25, -0.2) is 8.78 Å². The van der Waals surface area contributed by atoms with Crippen LogP contribution in [0.3, 0.4) is 0 Å². The van der Waals surface area contributed by atoms with Gasteiger partial charge < -0.3 is 11.1 Å². The molecule has 2 aromatic carbocycles. The molecule has 0 aromatic heterocycles. The lowest BCUT2D eigenvalue weighted by molar-refractivity contribution is 0.102. The molecule has 0 spiro atoms. The zero-order chi connectivity index (χ0) is 14.0. The van der Waals surface area contributed by atoms with Crippen molar-refractivity contribution in [2.75, 3.05) is 11.1 Å². The molecule has 0 aliphatic heterocycles. The molecule has 3 N–H and O–H groups in total. The fourth-order valence-corrected chi connectivity index (χ4v) is 1.64. The summed E-state index contributed by atoms with van der Waals surface area (Å²) in [5.74, 6) is -1.66. The van der Waals surface area contributed by atoms with E-state index in [-0.39, 0.29) is 11.4 Å². The summed E-state index contributed by atoms with van der Waals surface area (Å²) in [6, 6.07) is 7.86. The Morgan fingerprint density at radius 3 is 2.47 bits per heavy atom. The predicted molar refractivity (Wildman–Crippen MR) is 69.9 cm³/mol. The summed E-state index contributed by atoms with van der Waals surface area (Å²) in [7, 11) is 0. The maximum absolute atomic E-state index is 13.5. The van der Waals surface area contributed by atoms with Gasteiger partial charge in [-0.15, -0.1) is 0 Å². The molecule has 0 aliphatic rings. The van der Waals surface area contributed by atoms with Crippen LogP contribution < -0.4 is 11.1 Å². The van der Waals surface area contributed by atoms with Gasteiger partial charge in [-0.1, -0.05) is 0 Å². The highest BCUT2D eigenvalue weighted by molar-refractivity contribution is 6.05. The van der Waals surface area contributed by atoms with Crippen molar-refractivity contribution in [3.8, 4) is 0 Å². The van der Waals surface area contributed by atoms with Gasteiger partial charge in [0.25, 0.3) is 5.91 Å². The number of benzene rings is 2. The Hall–Kier alpha value is -2.43. The number of nitrogens with one attached hydrogen (secondary N) is 1. The van der Waals surface area contributed by atoms with E-state index in [0.717, 1.165) is 6.07 Å². The molecule has 0 saturated heterocycles. The second-order valence-electron chi connectivity index (χ2n) is 4.16. The molecule has 0 radical (unpaired) electrons. The number of amides is 1. The van der Waals surface area contributed by atoms with Crippen molar-refractivity contribution in [2.45, 2.75) is 6.92 Å². The summed E-state index contributed by atoms with van der Waals surface area (Å²) in [5, 5.41) is 2.49. The van der Waals surface area contributed by atoms with Gasteiger partial charge in [0.2, 0.25) is 0 Å². The predicted octanol–water partition coefficient (Wildman–Crippen LogP) is 3.11.